The third kappa shape index (κ3) is 3.82. The molecular weight excluding hydrogens is 422 g/mol. The Morgan fingerprint density at radius 3 is 2.23 bits per heavy atom. The second-order valence-electron chi connectivity index (χ2n) is 6.85. The molecule has 1 atom stereocenters. The van der Waals surface area contributed by atoms with Crippen LogP contribution in [0, 0.1) is 6.92 Å². The van der Waals surface area contributed by atoms with Crippen molar-refractivity contribution in [3.63, 3.8) is 0 Å². The van der Waals surface area contributed by atoms with E-state index in [0.29, 0.717) is 28.7 Å². The van der Waals surface area contributed by atoms with Gasteiger partial charge >= 0.3 is 0 Å². The van der Waals surface area contributed by atoms with E-state index in [1.807, 2.05) is 53.7 Å². The normalized spacial score (nSPS) is 15.8. The molecule has 30 heavy (non-hydrogen) atoms. The number of methoxy groups -OCH3 is 3. The Kier molecular flexibility index (Phi) is 5.83. The molecule has 3 aromatic rings. The highest BCUT2D eigenvalue weighted by atomic mass is 35.5. The molecule has 0 aliphatic carbocycles. The minimum atomic E-state index is -0.0602. The molecule has 0 saturated heterocycles. The first kappa shape index (κ1) is 20.5. The van der Waals surface area contributed by atoms with Crippen LogP contribution in [-0.4, -0.2) is 32.0 Å². The molecule has 1 aliphatic heterocycles. The van der Waals surface area contributed by atoms with Gasteiger partial charge in [0.1, 0.15) is 0 Å². The zero-order valence-corrected chi connectivity index (χ0v) is 18.8. The van der Waals surface area contributed by atoms with Crippen molar-refractivity contribution in [1.82, 2.24) is 4.98 Å². The lowest BCUT2D eigenvalue weighted by Gasteiger charge is -2.23. The molecule has 4 rings (SSSR count). The number of aryl methyl sites for hydroxylation is 1. The van der Waals surface area contributed by atoms with E-state index in [1.165, 1.54) is 0 Å². The van der Waals surface area contributed by atoms with Crippen LogP contribution in [0.5, 0.6) is 17.2 Å². The fourth-order valence-corrected chi connectivity index (χ4v) is 4.43. The van der Waals surface area contributed by atoms with Crippen molar-refractivity contribution < 1.29 is 14.2 Å². The average molecular weight is 444 g/mol. The van der Waals surface area contributed by atoms with Gasteiger partial charge in [-0.05, 0) is 42.3 Å². The van der Waals surface area contributed by atoms with Crippen molar-refractivity contribution in [2.75, 3.05) is 26.3 Å². The third-order valence-corrected chi connectivity index (χ3v) is 6.16. The highest BCUT2D eigenvalue weighted by Crippen LogP contribution is 2.44. The molecule has 6 nitrogen and oxygen atoms in total. The summed E-state index contributed by atoms with van der Waals surface area (Å²) in [4.78, 5) is 4.66. The first-order chi connectivity index (χ1) is 14.5. The van der Waals surface area contributed by atoms with Crippen LogP contribution in [0.4, 0.5) is 5.13 Å². The van der Waals surface area contributed by atoms with Crippen molar-refractivity contribution in [3.8, 4) is 17.2 Å². The minimum absolute atomic E-state index is 0.0602. The standard InChI is InChI=1S/C22H22ClN3O3S/c1-13-12-30-22(24-13)26-18(11-17(25-26)14-5-7-16(23)8-6-14)15-9-19(27-2)21(29-4)20(10-15)28-3/h5-10,12,18H,11H2,1-4H3/t18-/m0/s1. The lowest BCUT2D eigenvalue weighted by atomic mass is 9.98. The van der Waals surface area contributed by atoms with Crippen molar-refractivity contribution in [2.45, 2.75) is 19.4 Å². The molecule has 1 aliphatic rings. The molecule has 0 fully saturated rings. The SMILES string of the molecule is COc1cc([C@@H]2CC(c3ccc(Cl)cc3)=NN2c2nc(C)cs2)cc(OC)c1OC. The summed E-state index contributed by atoms with van der Waals surface area (Å²) < 4.78 is 16.6. The number of hydrazone groups is 1. The zero-order valence-electron chi connectivity index (χ0n) is 17.2. The molecule has 2 aromatic carbocycles. The minimum Gasteiger partial charge on any atom is -0.493 e. The zero-order chi connectivity index (χ0) is 21.3. The number of rotatable bonds is 6. The fourth-order valence-electron chi connectivity index (χ4n) is 3.50. The maximum absolute atomic E-state index is 6.07. The molecular formula is C22H22ClN3O3S. The number of nitrogens with zero attached hydrogens (tertiary/aromatic N) is 3. The van der Waals surface area contributed by atoms with Crippen molar-refractivity contribution in [1.29, 1.82) is 0 Å². The number of ether oxygens (including phenoxy) is 3. The van der Waals surface area contributed by atoms with E-state index >= 15 is 0 Å². The Balaban J connectivity index is 1.79. The van der Waals surface area contributed by atoms with Crippen molar-refractivity contribution >= 4 is 33.8 Å². The number of anilines is 1. The van der Waals surface area contributed by atoms with Crippen LogP contribution in [-0.2, 0) is 0 Å². The number of thiazole rings is 1. The fraction of sp³-hybridized carbons (Fsp3) is 0.273. The van der Waals surface area contributed by atoms with Crippen molar-refractivity contribution in [3.05, 3.63) is 63.6 Å². The van der Waals surface area contributed by atoms with Gasteiger partial charge in [0.2, 0.25) is 10.9 Å². The molecule has 156 valence electrons. The lowest BCUT2D eigenvalue weighted by Crippen LogP contribution is -2.18. The third-order valence-electron chi connectivity index (χ3n) is 4.96. The largest absolute Gasteiger partial charge is 0.493 e. The topological polar surface area (TPSA) is 56.2 Å². The van der Waals surface area contributed by atoms with E-state index in [-0.39, 0.29) is 6.04 Å². The van der Waals surface area contributed by atoms with Crippen molar-refractivity contribution in [2.24, 2.45) is 5.10 Å². The maximum Gasteiger partial charge on any atom is 0.206 e. The maximum atomic E-state index is 6.07. The number of benzene rings is 2. The van der Waals surface area contributed by atoms with Gasteiger partial charge in [-0.3, -0.25) is 0 Å². The predicted octanol–water partition coefficient (Wildman–Crippen LogP) is 5.49. The van der Waals surface area contributed by atoms with Gasteiger partial charge in [0.05, 0.1) is 38.8 Å². The van der Waals surface area contributed by atoms with Gasteiger partial charge in [-0.2, -0.15) is 5.10 Å². The van der Waals surface area contributed by atoms with Gasteiger partial charge in [-0.1, -0.05) is 23.7 Å². The van der Waals surface area contributed by atoms with Crippen LogP contribution < -0.4 is 19.2 Å². The molecule has 8 heteroatoms. The van der Waals surface area contributed by atoms with Crippen LogP contribution in [0.3, 0.4) is 0 Å². The van der Waals surface area contributed by atoms with E-state index in [4.69, 9.17) is 30.9 Å². The lowest BCUT2D eigenvalue weighted by molar-refractivity contribution is 0.323. The van der Waals surface area contributed by atoms with E-state index in [9.17, 15) is 0 Å². The quantitative estimate of drug-likeness (QED) is 0.504. The van der Waals surface area contributed by atoms with Gasteiger partial charge in [0, 0.05) is 16.8 Å². The first-order valence-electron chi connectivity index (χ1n) is 9.38. The van der Waals surface area contributed by atoms with Crippen LogP contribution in [0.25, 0.3) is 0 Å². The Bertz CT molecular complexity index is 1060. The average Bonchev–Trinajstić information content (AvgIpc) is 3.39. The summed E-state index contributed by atoms with van der Waals surface area (Å²) in [6.45, 7) is 1.98. The molecule has 0 unspecified atom stereocenters. The highest BCUT2D eigenvalue weighted by molar-refractivity contribution is 7.13. The molecule has 0 saturated carbocycles. The number of halogens is 1. The molecule has 2 heterocycles. The summed E-state index contributed by atoms with van der Waals surface area (Å²) in [5.74, 6) is 1.79. The molecule has 1 aromatic heterocycles. The summed E-state index contributed by atoms with van der Waals surface area (Å²) >= 11 is 7.64. The number of aromatic nitrogens is 1. The summed E-state index contributed by atoms with van der Waals surface area (Å²) in [7, 11) is 4.84. The summed E-state index contributed by atoms with van der Waals surface area (Å²) in [6.07, 6.45) is 0.707. The van der Waals surface area contributed by atoms with Crippen LogP contribution in [0.15, 0.2) is 46.9 Å². The summed E-state index contributed by atoms with van der Waals surface area (Å²) in [6, 6.07) is 11.6. The smallest absolute Gasteiger partial charge is 0.206 e. The first-order valence-corrected chi connectivity index (χ1v) is 10.6. The number of hydrogen-bond acceptors (Lipinski definition) is 7. The van der Waals surface area contributed by atoms with E-state index < -0.39 is 0 Å². The molecule has 0 amide bonds. The second-order valence-corrected chi connectivity index (χ2v) is 8.12. The molecule has 0 N–H and O–H groups in total. The van der Waals surface area contributed by atoms with Gasteiger partial charge < -0.3 is 14.2 Å². The molecule has 0 radical (unpaired) electrons. The summed E-state index contributed by atoms with van der Waals surface area (Å²) in [5, 5.41) is 10.5. The summed E-state index contributed by atoms with van der Waals surface area (Å²) in [5.41, 5.74) is 3.98. The van der Waals surface area contributed by atoms with E-state index in [1.54, 1.807) is 32.7 Å². The number of hydrogen-bond donors (Lipinski definition) is 0. The van der Waals surface area contributed by atoms with Crippen LogP contribution in [0.2, 0.25) is 5.02 Å². The van der Waals surface area contributed by atoms with E-state index in [2.05, 4.69) is 4.98 Å². The molecule has 0 bridgehead atoms. The highest BCUT2D eigenvalue weighted by Gasteiger charge is 2.33. The Labute approximate surface area is 184 Å². The predicted molar refractivity (Wildman–Crippen MR) is 121 cm³/mol. The Morgan fingerprint density at radius 2 is 1.70 bits per heavy atom. The van der Waals surface area contributed by atoms with Gasteiger partial charge in [-0.25, -0.2) is 9.99 Å². The Hall–Kier alpha value is -2.77. The molecule has 0 spiro atoms. The van der Waals surface area contributed by atoms with Gasteiger partial charge in [-0.15, -0.1) is 11.3 Å². The van der Waals surface area contributed by atoms with Gasteiger partial charge in [0.15, 0.2) is 11.5 Å². The van der Waals surface area contributed by atoms with Crippen LogP contribution >= 0.6 is 22.9 Å². The Morgan fingerprint density at radius 1 is 1.03 bits per heavy atom. The van der Waals surface area contributed by atoms with Gasteiger partial charge in [0.25, 0.3) is 0 Å². The van der Waals surface area contributed by atoms with Crippen LogP contribution in [0.1, 0.15) is 29.3 Å². The monoisotopic (exact) mass is 443 g/mol. The second kappa shape index (κ2) is 8.53. The van der Waals surface area contributed by atoms with E-state index in [0.717, 1.165) is 27.7 Å².